The molecule has 0 radical (unpaired) electrons. The number of halogens is 1. The van der Waals surface area contributed by atoms with Gasteiger partial charge in [-0.25, -0.2) is 4.39 Å². The number of anilines is 1. The van der Waals surface area contributed by atoms with Crippen LogP contribution in [0.15, 0.2) is 35.7 Å². The Bertz CT molecular complexity index is 612. The predicted octanol–water partition coefficient (Wildman–Crippen LogP) is 2.87. The van der Waals surface area contributed by atoms with Crippen LogP contribution in [-0.2, 0) is 6.54 Å². The fourth-order valence-electron chi connectivity index (χ4n) is 1.75. The van der Waals surface area contributed by atoms with Crippen LogP contribution >= 0.6 is 11.3 Å². The summed E-state index contributed by atoms with van der Waals surface area (Å²) in [7, 11) is 1.86. The molecule has 0 unspecified atom stereocenters. The summed E-state index contributed by atoms with van der Waals surface area (Å²) in [4.78, 5) is 2.97. The van der Waals surface area contributed by atoms with Crippen molar-refractivity contribution in [1.29, 1.82) is 0 Å². The van der Waals surface area contributed by atoms with E-state index in [0.29, 0.717) is 12.2 Å². The molecule has 1 N–H and O–H groups in total. The Labute approximate surface area is 116 Å². The minimum Gasteiger partial charge on any atom is -0.384 e. The number of aliphatic hydroxyl groups is 1. The average Bonchev–Trinajstić information content (AvgIpc) is 2.84. The van der Waals surface area contributed by atoms with Gasteiger partial charge >= 0.3 is 0 Å². The van der Waals surface area contributed by atoms with Crippen molar-refractivity contribution in [3.05, 3.63) is 52.0 Å². The highest BCUT2D eigenvalue weighted by atomic mass is 32.1. The molecule has 0 bridgehead atoms. The van der Waals surface area contributed by atoms with E-state index in [1.165, 1.54) is 6.07 Å². The topological polar surface area (TPSA) is 23.5 Å². The Morgan fingerprint density at radius 1 is 1.37 bits per heavy atom. The van der Waals surface area contributed by atoms with Crippen molar-refractivity contribution < 1.29 is 9.50 Å². The third kappa shape index (κ3) is 3.57. The van der Waals surface area contributed by atoms with Crippen LogP contribution in [0.25, 0.3) is 0 Å². The van der Waals surface area contributed by atoms with Crippen LogP contribution in [0.5, 0.6) is 0 Å². The largest absolute Gasteiger partial charge is 0.384 e. The van der Waals surface area contributed by atoms with Crippen molar-refractivity contribution in [2.75, 3.05) is 18.6 Å². The molecule has 0 saturated heterocycles. The lowest BCUT2D eigenvalue weighted by Crippen LogP contribution is -2.16. The number of aliphatic hydroxyl groups excluding tert-OH is 1. The molecule has 0 fully saturated rings. The third-order valence-electron chi connectivity index (χ3n) is 2.62. The smallest absolute Gasteiger partial charge is 0.146 e. The van der Waals surface area contributed by atoms with Crippen molar-refractivity contribution in [1.82, 2.24) is 0 Å². The molecule has 4 heteroatoms. The monoisotopic (exact) mass is 275 g/mol. The molecule has 1 heterocycles. The SMILES string of the molecule is CN(Cc1cc(C#CCO)cs1)c1ccccc1F. The van der Waals surface area contributed by atoms with Crippen molar-refractivity contribution in [2.24, 2.45) is 0 Å². The number of hydrogen-bond acceptors (Lipinski definition) is 3. The molecule has 2 rings (SSSR count). The first kappa shape index (κ1) is 13.6. The van der Waals surface area contributed by atoms with Crippen molar-refractivity contribution >= 4 is 17.0 Å². The molecule has 98 valence electrons. The summed E-state index contributed by atoms with van der Waals surface area (Å²) >= 11 is 1.58. The van der Waals surface area contributed by atoms with Crippen LogP contribution in [0.1, 0.15) is 10.4 Å². The highest BCUT2D eigenvalue weighted by molar-refractivity contribution is 7.10. The number of thiophene rings is 1. The van der Waals surface area contributed by atoms with Crippen molar-refractivity contribution in [3.8, 4) is 11.8 Å². The number of hydrogen-bond donors (Lipinski definition) is 1. The summed E-state index contributed by atoms with van der Waals surface area (Å²) in [5.74, 6) is 5.25. The van der Waals surface area contributed by atoms with Gasteiger partial charge in [0.1, 0.15) is 12.4 Å². The lowest BCUT2D eigenvalue weighted by molar-refractivity contribution is 0.350. The number of rotatable bonds is 3. The molecular formula is C15H14FNOS. The van der Waals surface area contributed by atoms with E-state index in [9.17, 15) is 4.39 Å². The fourth-order valence-corrected chi connectivity index (χ4v) is 2.62. The molecule has 2 nitrogen and oxygen atoms in total. The van der Waals surface area contributed by atoms with Gasteiger partial charge in [0, 0.05) is 22.9 Å². The lowest BCUT2D eigenvalue weighted by Gasteiger charge is -2.18. The van der Waals surface area contributed by atoms with Gasteiger partial charge in [-0.2, -0.15) is 0 Å². The standard InChI is InChI=1S/C15H14FNOS/c1-17(15-7-3-2-6-14(15)16)10-13-9-12(11-19-13)5-4-8-18/h2-3,6-7,9,11,18H,8,10H2,1H3. The highest BCUT2D eigenvalue weighted by Gasteiger charge is 2.08. The molecule has 0 aliphatic rings. The van der Waals surface area contributed by atoms with Gasteiger partial charge in [0.2, 0.25) is 0 Å². The summed E-state index contributed by atoms with van der Waals surface area (Å²) < 4.78 is 13.6. The molecule has 2 aromatic rings. The first-order valence-electron chi connectivity index (χ1n) is 5.83. The van der Waals surface area contributed by atoms with Crippen LogP contribution in [-0.4, -0.2) is 18.8 Å². The van der Waals surface area contributed by atoms with E-state index in [-0.39, 0.29) is 12.4 Å². The maximum atomic E-state index is 13.6. The van der Waals surface area contributed by atoms with Gasteiger partial charge in [0.15, 0.2) is 0 Å². The normalized spacial score (nSPS) is 9.84. The van der Waals surface area contributed by atoms with Gasteiger partial charge in [-0.3, -0.25) is 0 Å². The van der Waals surface area contributed by atoms with E-state index in [4.69, 9.17) is 5.11 Å². The second kappa shape index (κ2) is 6.37. The van der Waals surface area contributed by atoms with Crippen LogP contribution in [0.4, 0.5) is 10.1 Å². The number of nitrogens with zero attached hydrogens (tertiary/aromatic N) is 1. The number of para-hydroxylation sites is 1. The van der Waals surface area contributed by atoms with E-state index in [2.05, 4.69) is 11.8 Å². The third-order valence-corrected chi connectivity index (χ3v) is 3.54. The van der Waals surface area contributed by atoms with E-state index in [1.54, 1.807) is 23.5 Å². The van der Waals surface area contributed by atoms with Gasteiger partial charge in [-0.15, -0.1) is 11.3 Å². The van der Waals surface area contributed by atoms with Crippen LogP contribution < -0.4 is 4.90 Å². The minimum absolute atomic E-state index is 0.139. The summed E-state index contributed by atoms with van der Waals surface area (Å²) in [6.45, 7) is 0.493. The van der Waals surface area contributed by atoms with Crippen LogP contribution in [0.2, 0.25) is 0 Å². The van der Waals surface area contributed by atoms with Gasteiger partial charge in [-0.05, 0) is 18.2 Å². The van der Waals surface area contributed by atoms with Gasteiger partial charge in [-0.1, -0.05) is 24.0 Å². The second-order valence-electron chi connectivity index (χ2n) is 4.07. The Morgan fingerprint density at radius 3 is 2.89 bits per heavy atom. The van der Waals surface area contributed by atoms with Gasteiger partial charge < -0.3 is 10.0 Å². The van der Waals surface area contributed by atoms with E-state index in [1.807, 2.05) is 29.5 Å². The van der Waals surface area contributed by atoms with Gasteiger partial charge in [0.05, 0.1) is 12.2 Å². The molecule has 0 aliphatic heterocycles. The predicted molar refractivity (Wildman–Crippen MR) is 76.8 cm³/mol. The maximum Gasteiger partial charge on any atom is 0.146 e. The number of benzene rings is 1. The van der Waals surface area contributed by atoms with E-state index >= 15 is 0 Å². The summed E-state index contributed by atoms with van der Waals surface area (Å²) in [6, 6.07) is 8.68. The Hall–Kier alpha value is -1.83. The highest BCUT2D eigenvalue weighted by Crippen LogP contribution is 2.22. The first-order chi connectivity index (χ1) is 9.20. The Balaban J connectivity index is 2.09. The molecular weight excluding hydrogens is 261 g/mol. The second-order valence-corrected chi connectivity index (χ2v) is 5.06. The summed E-state index contributed by atoms with van der Waals surface area (Å²) in [5.41, 5.74) is 1.47. The lowest BCUT2D eigenvalue weighted by atomic mass is 10.2. The quantitative estimate of drug-likeness (QED) is 0.871. The maximum absolute atomic E-state index is 13.6. The van der Waals surface area contributed by atoms with Crippen LogP contribution in [0.3, 0.4) is 0 Å². The molecule has 1 aromatic carbocycles. The zero-order valence-corrected chi connectivity index (χ0v) is 11.4. The Morgan fingerprint density at radius 2 is 2.16 bits per heavy atom. The molecule has 0 atom stereocenters. The van der Waals surface area contributed by atoms with Crippen LogP contribution in [0, 0.1) is 17.7 Å². The van der Waals surface area contributed by atoms with Crippen molar-refractivity contribution in [3.63, 3.8) is 0 Å². The Kier molecular flexibility index (Phi) is 4.56. The van der Waals surface area contributed by atoms with Crippen molar-refractivity contribution in [2.45, 2.75) is 6.54 Å². The van der Waals surface area contributed by atoms with E-state index in [0.717, 1.165) is 10.4 Å². The molecule has 0 spiro atoms. The van der Waals surface area contributed by atoms with Gasteiger partial charge in [0.25, 0.3) is 0 Å². The molecule has 0 amide bonds. The minimum atomic E-state index is -0.221. The molecule has 0 saturated carbocycles. The first-order valence-corrected chi connectivity index (χ1v) is 6.71. The fraction of sp³-hybridized carbons (Fsp3) is 0.200. The zero-order valence-electron chi connectivity index (χ0n) is 10.6. The molecule has 19 heavy (non-hydrogen) atoms. The molecule has 0 aliphatic carbocycles. The summed E-state index contributed by atoms with van der Waals surface area (Å²) in [5, 5.41) is 10.6. The average molecular weight is 275 g/mol. The zero-order chi connectivity index (χ0) is 13.7. The van der Waals surface area contributed by atoms with E-state index < -0.39 is 0 Å². The molecule has 1 aromatic heterocycles. The summed E-state index contributed by atoms with van der Waals surface area (Å²) in [6.07, 6.45) is 0.